The van der Waals surface area contributed by atoms with Crippen LogP contribution in [0.1, 0.15) is 40.5 Å². The summed E-state index contributed by atoms with van der Waals surface area (Å²) in [6.45, 7) is 9.40. The third-order valence-electron chi connectivity index (χ3n) is 3.18. The second-order valence-corrected chi connectivity index (χ2v) is 5.33. The van der Waals surface area contributed by atoms with Crippen molar-refractivity contribution in [2.45, 2.75) is 52.7 Å². The molecule has 0 saturated heterocycles. The summed E-state index contributed by atoms with van der Waals surface area (Å²) in [4.78, 5) is 0. The van der Waals surface area contributed by atoms with Crippen molar-refractivity contribution in [2.75, 3.05) is 6.54 Å². The molecule has 0 heterocycles. The fraction of sp³-hybridized carbons (Fsp3) is 1.00. The highest BCUT2D eigenvalue weighted by molar-refractivity contribution is 4.88. The first-order chi connectivity index (χ1) is 6.52. The lowest BCUT2D eigenvalue weighted by molar-refractivity contribution is 0.115. The van der Waals surface area contributed by atoms with E-state index in [4.69, 9.17) is 0 Å². The summed E-state index contributed by atoms with van der Waals surface area (Å²) in [5.41, 5.74) is 0. The molecule has 0 aromatic carbocycles. The van der Waals surface area contributed by atoms with E-state index in [-0.39, 0.29) is 6.10 Å². The molecule has 2 unspecified atom stereocenters. The average Bonchev–Trinajstić information content (AvgIpc) is 2.87. The molecular weight excluding hydrogens is 174 g/mol. The lowest BCUT2D eigenvalue weighted by Crippen LogP contribution is -2.41. The number of nitrogens with one attached hydrogen (secondary N) is 1. The van der Waals surface area contributed by atoms with Crippen LogP contribution in [0.5, 0.6) is 0 Å². The monoisotopic (exact) mass is 199 g/mol. The molecule has 1 fully saturated rings. The molecule has 14 heavy (non-hydrogen) atoms. The summed E-state index contributed by atoms with van der Waals surface area (Å²) >= 11 is 0. The minimum Gasteiger partial charge on any atom is -0.392 e. The summed E-state index contributed by atoms with van der Waals surface area (Å²) in [5, 5.41) is 13.2. The second kappa shape index (κ2) is 5.13. The Labute approximate surface area is 88.1 Å². The molecule has 84 valence electrons. The molecule has 1 rings (SSSR count). The van der Waals surface area contributed by atoms with E-state index in [1.807, 2.05) is 0 Å². The van der Waals surface area contributed by atoms with Gasteiger partial charge in [0.05, 0.1) is 6.10 Å². The van der Waals surface area contributed by atoms with Crippen LogP contribution in [0.25, 0.3) is 0 Å². The van der Waals surface area contributed by atoms with E-state index in [2.05, 4.69) is 33.0 Å². The maximum atomic E-state index is 9.70. The number of aliphatic hydroxyl groups is 1. The molecule has 2 nitrogen and oxygen atoms in total. The van der Waals surface area contributed by atoms with Gasteiger partial charge in [-0.3, -0.25) is 0 Å². The zero-order chi connectivity index (χ0) is 10.7. The van der Waals surface area contributed by atoms with E-state index in [0.717, 1.165) is 12.5 Å². The van der Waals surface area contributed by atoms with Crippen molar-refractivity contribution < 1.29 is 5.11 Å². The van der Waals surface area contributed by atoms with E-state index in [1.165, 1.54) is 12.8 Å². The van der Waals surface area contributed by atoms with E-state index >= 15 is 0 Å². The third-order valence-corrected chi connectivity index (χ3v) is 3.18. The van der Waals surface area contributed by atoms with Crippen LogP contribution in [-0.4, -0.2) is 23.8 Å². The highest BCUT2D eigenvalue weighted by atomic mass is 16.3. The molecule has 0 amide bonds. The van der Waals surface area contributed by atoms with Crippen LogP contribution in [0.2, 0.25) is 0 Å². The van der Waals surface area contributed by atoms with Crippen molar-refractivity contribution in [3.05, 3.63) is 0 Å². The molecule has 0 bridgehead atoms. The Hall–Kier alpha value is -0.0800. The van der Waals surface area contributed by atoms with E-state index < -0.39 is 0 Å². The minimum absolute atomic E-state index is 0.199. The lowest BCUT2D eigenvalue weighted by atomic mass is 9.98. The molecule has 0 aliphatic heterocycles. The van der Waals surface area contributed by atoms with Crippen LogP contribution in [0.15, 0.2) is 0 Å². The molecule has 1 aliphatic carbocycles. The molecule has 0 aromatic heterocycles. The van der Waals surface area contributed by atoms with Crippen LogP contribution in [0, 0.1) is 17.8 Å². The van der Waals surface area contributed by atoms with Gasteiger partial charge in [-0.1, -0.05) is 27.7 Å². The first-order valence-corrected chi connectivity index (χ1v) is 5.93. The minimum atomic E-state index is -0.199. The van der Waals surface area contributed by atoms with Crippen molar-refractivity contribution in [1.82, 2.24) is 5.32 Å². The van der Waals surface area contributed by atoms with Gasteiger partial charge in [-0.25, -0.2) is 0 Å². The van der Waals surface area contributed by atoms with Gasteiger partial charge >= 0.3 is 0 Å². The Balaban J connectivity index is 2.26. The molecular formula is C12H25NO. The summed E-state index contributed by atoms with van der Waals surface area (Å²) in [7, 11) is 0. The van der Waals surface area contributed by atoms with Gasteiger partial charge in [0, 0.05) is 12.6 Å². The van der Waals surface area contributed by atoms with Gasteiger partial charge in [0.15, 0.2) is 0 Å². The van der Waals surface area contributed by atoms with Crippen LogP contribution < -0.4 is 5.32 Å². The van der Waals surface area contributed by atoms with Gasteiger partial charge in [-0.05, 0) is 30.6 Å². The van der Waals surface area contributed by atoms with Crippen molar-refractivity contribution in [3.63, 3.8) is 0 Å². The Kier molecular flexibility index (Phi) is 4.39. The van der Waals surface area contributed by atoms with Crippen molar-refractivity contribution >= 4 is 0 Å². The molecule has 2 N–H and O–H groups in total. The van der Waals surface area contributed by atoms with E-state index in [0.29, 0.717) is 17.9 Å². The SMILES string of the molecule is CC(C)C(O)CNC(C(C)C)C1CC1. The number of aliphatic hydroxyl groups excluding tert-OH is 1. The number of hydrogen-bond acceptors (Lipinski definition) is 2. The zero-order valence-corrected chi connectivity index (χ0v) is 9.96. The zero-order valence-electron chi connectivity index (χ0n) is 9.96. The van der Waals surface area contributed by atoms with Crippen molar-refractivity contribution in [1.29, 1.82) is 0 Å². The molecule has 1 aliphatic rings. The van der Waals surface area contributed by atoms with Crippen LogP contribution in [0.3, 0.4) is 0 Å². The normalized spacial score (nSPS) is 21.6. The Morgan fingerprint density at radius 3 is 2.07 bits per heavy atom. The molecule has 0 aromatic rings. The summed E-state index contributed by atoms with van der Waals surface area (Å²) in [5.74, 6) is 1.91. The maximum absolute atomic E-state index is 9.70. The third kappa shape index (κ3) is 3.58. The molecule has 0 spiro atoms. The van der Waals surface area contributed by atoms with Crippen LogP contribution in [0.4, 0.5) is 0 Å². The first-order valence-electron chi connectivity index (χ1n) is 5.93. The molecule has 0 radical (unpaired) electrons. The average molecular weight is 199 g/mol. The topological polar surface area (TPSA) is 32.3 Å². The van der Waals surface area contributed by atoms with E-state index in [1.54, 1.807) is 0 Å². The van der Waals surface area contributed by atoms with Crippen LogP contribution >= 0.6 is 0 Å². The predicted octanol–water partition coefficient (Wildman–Crippen LogP) is 2.03. The van der Waals surface area contributed by atoms with Gasteiger partial charge in [0.1, 0.15) is 0 Å². The van der Waals surface area contributed by atoms with Gasteiger partial charge in [0.2, 0.25) is 0 Å². The van der Waals surface area contributed by atoms with Crippen molar-refractivity contribution in [3.8, 4) is 0 Å². The van der Waals surface area contributed by atoms with Crippen LogP contribution in [-0.2, 0) is 0 Å². The molecule has 2 heteroatoms. The number of rotatable bonds is 6. The quantitative estimate of drug-likeness (QED) is 0.686. The second-order valence-electron chi connectivity index (χ2n) is 5.33. The Morgan fingerprint density at radius 2 is 1.71 bits per heavy atom. The fourth-order valence-electron chi connectivity index (χ4n) is 1.89. The standard InChI is InChI=1S/C12H25NO/c1-8(2)11(14)7-13-12(9(3)4)10-5-6-10/h8-14H,5-7H2,1-4H3. The van der Waals surface area contributed by atoms with Gasteiger partial charge < -0.3 is 10.4 Å². The Morgan fingerprint density at radius 1 is 1.14 bits per heavy atom. The van der Waals surface area contributed by atoms with E-state index in [9.17, 15) is 5.11 Å². The highest BCUT2D eigenvalue weighted by Crippen LogP contribution is 2.35. The summed E-state index contributed by atoms with van der Waals surface area (Å²) in [6, 6.07) is 0.614. The Bertz CT molecular complexity index is 162. The fourth-order valence-corrected chi connectivity index (χ4v) is 1.89. The number of hydrogen-bond donors (Lipinski definition) is 2. The van der Waals surface area contributed by atoms with Gasteiger partial charge in [-0.2, -0.15) is 0 Å². The maximum Gasteiger partial charge on any atom is 0.0687 e. The highest BCUT2D eigenvalue weighted by Gasteiger charge is 2.33. The molecule has 2 atom stereocenters. The largest absolute Gasteiger partial charge is 0.392 e. The van der Waals surface area contributed by atoms with Gasteiger partial charge in [-0.15, -0.1) is 0 Å². The summed E-state index contributed by atoms with van der Waals surface area (Å²) < 4.78 is 0. The summed E-state index contributed by atoms with van der Waals surface area (Å²) in [6.07, 6.45) is 2.54. The smallest absolute Gasteiger partial charge is 0.0687 e. The lowest BCUT2D eigenvalue weighted by Gasteiger charge is -2.25. The van der Waals surface area contributed by atoms with Crippen molar-refractivity contribution in [2.24, 2.45) is 17.8 Å². The first kappa shape index (κ1) is 12.0. The van der Waals surface area contributed by atoms with Gasteiger partial charge in [0.25, 0.3) is 0 Å². The predicted molar refractivity (Wildman–Crippen MR) is 60.2 cm³/mol. The molecule has 1 saturated carbocycles.